The van der Waals surface area contributed by atoms with Gasteiger partial charge in [0.15, 0.2) is 12.0 Å². The van der Waals surface area contributed by atoms with Gasteiger partial charge in [-0.25, -0.2) is 10.0 Å². The normalized spacial score (nSPS) is 15.7. The summed E-state index contributed by atoms with van der Waals surface area (Å²) in [7, 11) is 1.58. The van der Waals surface area contributed by atoms with E-state index in [4.69, 9.17) is 14.0 Å². The Bertz CT molecular complexity index is 1410. The first-order valence-electron chi connectivity index (χ1n) is 12.3. The number of anilines is 3. The molecule has 1 aliphatic heterocycles. The van der Waals surface area contributed by atoms with E-state index in [-0.39, 0.29) is 24.2 Å². The molecule has 0 saturated carbocycles. The number of fused-ring (bicyclic) bond motifs is 1. The third-order valence-electron chi connectivity index (χ3n) is 6.67. The van der Waals surface area contributed by atoms with Crippen molar-refractivity contribution in [3.05, 3.63) is 83.7 Å². The third-order valence-corrected chi connectivity index (χ3v) is 6.67. The molecule has 8 nitrogen and oxygen atoms in total. The number of carbonyl (C=O) groups is 2. The third kappa shape index (κ3) is 5.34. The molecule has 8 heteroatoms. The molecular weight excluding hydrogens is 470 g/mol. The Kier molecular flexibility index (Phi) is 7.18. The van der Waals surface area contributed by atoms with Crippen LogP contribution in [0.5, 0.6) is 0 Å². The zero-order valence-corrected chi connectivity index (χ0v) is 20.9. The molecule has 37 heavy (non-hydrogen) atoms. The van der Waals surface area contributed by atoms with Gasteiger partial charge in [0.25, 0.3) is 0 Å². The summed E-state index contributed by atoms with van der Waals surface area (Å²) in [5.41, 5.74) is 6.21. The molecule has 0 bridgehead atoms. The number of cyclic esters (lactones) is 1. The second kappa shape index (κ2) is 10.8. The number of aryl methyl sites for hydroxylation is 1. The van der Waals surface area contributed by atoms with Crippen LogP contribution in [0.25, 0.3) is 11.1 Å². The molecule has 1 amide bonds. The fourth-order valence-electron chi connectivity index (χ4n) is 4.80. The van der Waals surface area contributed by atoms with E-state index in [9.17, 15) is 9.59 Å². The van der Waals surface area contributed by atoms with Gasteiger partial charge in [-0.1, -0.05) is 36.4 Å². The average Bonchev–Trinajstić information content (AvgIpc) is 3.27. The zero-order chi connectivity index (χ0) is 25.8. The van der Waals surface area contributed by atoms with Crippen LogP contribution in [0.2, 0.25) is 0 Å². The predicted octanol–water partition coefficient (Wildman–Crippen LogP) is 5.83. The molecule has 1 atom stereocenters. The highest BCUT2D eigenvalue weighted by Crippen LogP contribution is 2.37. The highest BCUT2D eigenvalue weighted by Gasteiger charge is 2.23. The molecule has 2 heterocycles. The number of carbonyl (C=O) groups excluding carboxylic acids is 2. The van der Waals surface area contributed by atoms with Gasteiger partial charge in [-0.15, -0.1) is 0 Å². The monoisotopic (exact) mass is 499 g/mol. The van der Waals surface area contributed by atoms with Gasteiger partial charge in [0.2, 0.25) is 5.91 Å². The molecule has 3 aromatic carbocycles. The average molecular weight is 500 g/mol. The summed E-state index contributed by atoms with van der Waals surface area (Å²) in [6.45, 7) is 2.48. The summed E-state index contributed by atoms with van der Waals surface area (Å²) in [6.07, 6.45) is 3.64. The summed E-state index contributed by atoms with van der Waals surface area (Å²) in [5, 5.41) is 4.66. The zero-order valence-electron chi connectivity index (χ0n) is 20.9. The SMILES string of the molecule is CON(c1ccccc1C)c1c(CC(=O)Nc2ccc(C3CCCOC(=O)C3)cc2)ccc2ncoc12. The van der Waals surface area contributed by atoms with Crippen molar-refractivity contribution < 1.29 is 23.6 Å². The van der Waals surface area contributed by atoms with Crippen molar-refractivity contribution in [1.82, 2.24) is 4.98 Å². The van der Waals surface area contributed by atoms with Crippen LogP contribution in [0.3, 0.4) is 0 Å². The van der Waals surface area contributed by atoms with E-state index < -0.39 is 0 Å². The molecule has 0 aliphatic carbocycles. The second-order valence-electron chi connectivity index (χ2n) is 9.15. The quantitative estimate of drug-likeness (QED) is 0.253. The fourth-order valence-corrected chi connectivity index (χ4v) is 4.80. The maximum atomic E-state index is 13.1. The van der Waals surface area contributed by atoms with Gasteiger partial charge < -0.3 is 14.5 Å². The number of para-hydroxylation sites is 1. The van der Waals surface area contributed by atoms with Crippen LogP contribution in [0, 0.1) is 6.92 Å². The lowest BCUT2D eigenvalue weighted by molar-refractivity contribution is -0.142. The van der Waals surface area contributed by atoms with E-state index in [0.717, 1.165) is 35.2 Å². The van der Waals surface area contributed by atoms with Crippen molar-refractivity contribution in [1.29, 1.82) is 0 Å². The molecule has 1 saturated heterocycles. The van der Waals surface area contributed by atoms with Gasteiger partial charge in [0, 0.05) is 5.69 Å². The van der Waals surface area contributed by atoms with E-state index in [2.05, 4.69) is 10.3 Å². The standard InChI is InChI=1S/C29H29N3O5/c1-19-6-3-4-8-25(19)32(35-2)28-22(11-14-24-29(28)37-18-30-24)16-26(33)31-23-12-9-20(10-13-23)21-7-5-15-36-27(34)17-21/h3-4,6,8-14,18,21H,5,7,15-17H2,1-2H3,(H,31,33). The summed E-state index contributed by atoms with van der Waals surface area (Å²) in [4.78, 5) is 35.0. The van der Waals surface area contributed by atoms with Crippen molar-refractivity contribution in [2.75, 3.05) is 24.1 Å². The molecule has 1 N–H and O–H groups in total. The van der Waals surface area contributed by atoms with Crippen LogP contribution >= 0.6 is 0 Å². The molecule has 4 aromatic rings. The molecule has 5 rings (SSSR count). The minimum atomic E-state index is -0.174. The molecule has 190 valence electrons. The van der Waals surface area contributed by atoms with Crippen LogP contribution in [-0.2, 0) is 25.6 Å². The number of esters is 1. The van der Waals surface area contributed by atoms with E-state index in [1.54, 1.807) is 12.2 Å². The number of nitrogens with zero attached hydrogens (tertiary/aromatic N) is 2. The first kappa shape index (κ1) is 24.5. The van der Waals surface area contributed by atoms with Crippen LogP contribution in [-0.4, -0.2) is 30.6 Å². The molecular formula is C29H29N3O5. The van der Waals surface area contributed by atoms with Gasteiger partial charge in [-0.3, -0.25) is 14.4 Å². The topological polar surface area (TPSA) is 93.9 Å². The summed E-state index contributed by atoms with van der Waals surface area (Å²) < 4.78 is 10.9. The van der Waals surface area contributed by atoms with Gasteiger partial charge in [0.1, 0.15) is 11.2 Å². The first-order valence-corrected chi connectivity index (χ1v) is 12.3. The highest BCUT2D eigenvalue weighted by molar-refractivity contribution is 5.97. The van der Waals surface area contributed by atoms with Crippen molar-refractivity contribution in [2.45, 2.75) is 38.5 Å². The maximum Gasteiger partial charge on any atom is 0.306 e. The van der Waals surface area contributed by atoms with Gasteiger partial charge >= 0.3 is 5.97 Å². The van der Waals surface area contributed by atoms with E-state index in [1.165, 1.54) is 6.39 Å². The first-order chi connectivity index (χ1) is 18.0. The molecule has 1 aromatic heterocycles. The van der Waals surface area contributed by atoms with Crippen LogP contribution in [0.1, 0.15) is 41.9 Å². The summed E-state index contributed by atoms with van der Waals surface area (Å²) in [5.74, 6) is -0.195. The predicted molar refractivity (Wildman–Crippen MR) is 141 cm³/mol. The number of ether oxygens (including phenoxy) is 1. The Balaban J connectivity index is 1.37. The largest absolute Gasteiger partial charge is 0.466 e. The maximum absolute atomic E-state index is 13.1. The number of amides is 1. The number of hydrogen-bond donors (Lipinski definition) is 1. The lowest BCUT2D eigenvalue weighted by Crippen LogP contribution is -2.21. The van der Waals surface area contributed by atoms with Crippen LogP contribution < -0.4 is 10.4 Å². The van der Waals surface area contributed by atoms with Gasteiger partial charge in [0.05, 0.1) is 32.2 Å². The van der Waals surface area contributed by atoms with Crippen molar-refractivity contribution in [3.63, 3.8) is 0 Å². The second-order valence-corrected chi connectivity index (χ2v) is 9.15. The Morgan fingerprint density at radius 1 is 1.14 bits per heavy atom. The van der Waals surface area contributed by atoms with E-state index >= 15 is 0 Å². The molecule has 0 spiro atoms. The lowest BCUT2D eigenvalue weighted by Gasteiger charge is -2.25. The van der Waals surface area contributed by atoms with E-state index in [1.807, 2.05) is 67.6 Å². The Morgan fingerprint density at radius 2 is 1.95 bits per heavy atom. The van der Waals surface area contributed by atoms with Crippen LogP contribution in [0.4, 0.5) is 17.1 Å². The number of oxazole rings is 1. The Hall–Kier alpha value is -4.17. The van der Waals surface area contributed by atoms with E-state index in [0.29, 0.717) is 35.5 Å². The summed E-state index contributed by atoms with van der Waals surface area (Å²) >= 11 is 0. The lowest BCUT2D eigenvalue weighted by atomic mass is 9.92. The van der Waals surface area contributed by atoms with Crippen molar-refractivity contribution in [2.24, 2.45) is 0 Å². The smallest absolute Gasteiger partial charge is 0.306 e. The number of benzene rings is 3. The van der Waals surface area contributed by atoms with Gasteiger partial charge in [-0.05, 0) is 66.6 Å². The fraction of sp³-hybridized carbons (Fsp3) is 0.276. The number of aromatic nitrogens is 1. The Labute approximate surface area is 215 Å². The minimum absolute atomic E-state index is 0.105. The number of hydrogen-bond acceptors (Lipinski definition) is 7. The molecule has 1 unspecified atom stereocenters. The van der Waals surface area contributed by atoms with Crippen molar-refractivity contribution in [3.8, 4) is 0 Å². The number of nitrogens with one attached hydrogen (secondary N) is 1. The number of rotatable bonds is 7. The Morgan fingerprint density at radius 3 is 2.73 bits per heavy atom. The highest BCUT2D eigenvalue weighted by atomic mass is 16.7. The molecule has 1 aliphatic rings. The molecule has 0 radical (unpaired) electrons. The van der Waals surface area contributed by atoms with Crippen LogP contribution in [0.15, 0.2) is 71.5 Å². The van der Waals surface area contributed by atoms with Gasteiger partial charge in [-0.2, -0.15) is 0 Å². The van der Waals surface area contributed by atoms with Crippen molar-refractivity contribution >= 4 is 40.0 Å². The molecule has 1 fully saturated rings. The summed E-state index contributed by atoms with van der Waals surface area (Å²) in [6, 6.07) is 19.2. The minimum Gasteiger partial charge on any atom is -0.466 e.